The van der Waals surface area contributed by atoms with E-state index >= 15 is 0 Å². The monoisotopic (exact) mass is 330 g/mol. The molecule has 0 atom stereocenters. The second-order valence-electron chi connectivity index (χ2n) is 4.70. The van der Waals surface area contributed by atoms with Crippen LogP contribution in [0, 0.1) is 6.92 Å². The van der Waals surface area contributed by atoms with Gasteiger partial charge in [-0.3, -0.25) is 9.59 Å². The summed E-state index contributed by atoms with van der Waals surface area (Å²) in [5.74, 6) is -0.178. The predicted molar refractivity (Wildman–Crippen MR) is 79.1 cm³/mol. The molecule has 0 amide bonds. The largest absolute Gasteiger partial charge is 0.426 e. The molecule has 0 heterocycles. The third-order valence-electron chi connectivity index (χ3n) is 3.40. The van der Waals surface area contributed by atoms with E-state index in [-0.39, 0.29) is 5.78 Å². The van der Waals surface area contributed by atoms with Crippen LogP contribution in [0.1, 0.15) is 28.4 Å². The summed E-state index contributed by atoms with van der Waals surface area (Å²) in [6.07, 6.45) is 0. The van der Waals surface area contributed by atoms with E-state index in [1.54, 1.807) is 6.07 Å². The molecule has 20 heavy (non-hydrogen) atoms. The highest BCUT2D eigenvalue weighted by molar-refractivity contribution is 9.10. The van der Waals surface area contributed by atoms with Gasteiger partial charge in [0.05, 0.1) is 5.56 Å². The van der Waals surface area contributed by atoms with E-state index in [4.69, 9.17) is 4.74 Å². The molecular weight excluding hydrogens is 320 g/mol. The number of hydrogen-bond donors (Lipinski definition) is 0. The molecule has 0 radical (unpaired) electrons. The number of benzene rings is 2. The van der Waals surface area contributed by atoms with Gasteiger partial charge in [0, 0.05) is 22.5 Å². The zero-order valence-electron chi connectivity index (χ0n) is 11.0. The number of fused-ring (bicyclic) bond motifs is 3. The minimum absolute atomic E-state index is 0.0950. The summed E-state index contributed by atoms with van der Waals surface area (Å²) in [6, 6.07) is 9.31. The zero-order chi connectivity index (χ0) is 14.4. The molecule has 1 aliphatic rings. The normalized spacial score (nSPS) is 12.1. The van der Waals surface area contributed by atoms with Crippen molar-refractivity contribution in [3.63, 3.8) is 0 Å². The Morgan fingerprint density at radius 1 is 1.15 bits per heavy atom. The predicted octanol–water partition coefficient (Wildman–Crippen LogP) is 3.89. The lowest BCUT2D eigenvalue weighted by Crippen LogP contribution is -2.08. The van der Waals surface area contributed by atoms with Gasteiger partial charge in [-0.25, -0.2) is 0 Å². The van der Waals surface area contributed by atoms with Crippen molar-refractivity contribution in [2.75, 3.05) is 0 Å². The molecule has 0 N–H and O–H groups in total. The number of ether oxygens (including phenoxy) is 1. The second-order valence-corrected chi connectivity index (χ2v) is 5.56. The summed E-state index contributed by atoms with van der Waals surface area (Å²) in [5, 5.41) is 0. The van der Waals surface area contributed by atoms with E-state index in [1.807, 2.05) is 31.2 Å². The van der Waals surface area contributed by atoms with Crippen LogP contribution in [0.4, 0.5) is 0 Å². The fraction of sp³-hybridized carbons (Fsp3) is 0.125. The maximum Gasteiger partial charge on any atom is 0.308 e. The minimum Gasteiger partial charge on any atom is -0.426 e. The van der Waals surface area contributed by atoms with Gasteiger partial charge in [0.1, 0.15) is 5.75 Å². The molecule has 0 bridgehead atoms. The van der Waals surface area contributed by atoms with Crippen LogP contribution < -0.4 is 4.74 Å². The molecular formula is C16H11BrO3. The van der Waals surface area contributed by atoms with Gasteiger partial charge in [0.25, 0.3) is 0 Å². The number of carbonyl (C=O) groups is 2. The number of carbonyl (C=O) groups excluding carboxylic acids is 2. The third-order valence-corrected chi connectivity index (χ3v) is 4.22. The van der Waals surface area contributed by atoms with Crippen LogP contribution in [0.25, 0.3) is 11.1 Å². The Morgan fingerprint density at radius 2 is 1.80 bits per heavy atom. The lowest BCUT2D eigenvalue weighted by atomic mass is 10.0. The Hall–Kier alpha value is -1.94. The van der Waals surface area contributed by atoms with Gasteiger partial charge >= 0.3 is 5.97 Å². The molecule has 0 aliphatic heterocycles. The van der Waals surface area contributed by atoms with Crippen LogP contribution >= 0.6 is 15.9 Å². The van der Waals surface area contributed by atoms with Gasteiger partial charge in [0.15, 0.2) is 5.78 Å². The van der Waals surface area contributed by atoms with Gasteiger partial charge in [-0.05, 0) is 24.1 Å². The summed E-state index contributed by atoms with van der Waals surface area (Å²) in [5.41, 5.74) is 3.55. The first-order valence-electron chi connectivity index (χ1n) is 6.16. The smallest absolute Gasteiger partial charge is 0.308 e. The van der Waals surface area contributed by atoms with Crippen molar-refractivity contribution in [3.8, 4) is 16.9 Å². The van der Waals surface area contributed by atoms with Crippen molar-refractivity contribution in [1.82, 2.24) is 0 Å². The van der Waals surface area contributed by atoms with E-state index in [2.05, 4.69) is 15.9 Å². The molecule has 1 aliphatic carbocycles. The van der Waals surface area contributed by atoms with Crippen LogP contribution in [0.5, 0.6) is 5.75 Å². The van der Waals surface area contributed by atoms with E-state index in [1.165, 1.54) is 6.92 Å². The van der Waals surface area contributed by atoms with E-state index < -0.39 is 5.97 Å². The standard InChI is InChI=1S/C16H11BrO3/c1-8-13(17)7-12-10-5-3-4-6-11(10)15(19)14(12)16(8)20-9(2)18/h3-7H,1-2H3. The van der Waals surface area contributed by atoms with Crippen LogP contribution in [0.3, 0.4) is 0 Å². The van der Waals surface area contributed by atoms with Gasteiger partial charge in [-0.15, -0.1) is 0 Å². The van der Waals surface area contributed by atoms with Crippen LogP contribution in [-0.2, 0) is 4.79 Å². The van der Waals surface area contributed by atoms with Gasteiger partial charge in [-0.2, -0.15) is 0 Å². The number of halogens is 1. The number of ketones is 1. The highest BCUT2D eigenvalue weighted by atomic mass is 79.9. The maximum atomic E-state index is 12.5. The number of hydrogen-bond acceptors (Lipinski definition) is 3. The van der Waals surface area contributed by atoms with Crippen molar-refractivity contribution in [1.29, 1.82) is 0 Å². The van der Waals surface area contributed by atoms with Crippen molar-refractivity contribution in [3.05, 3.63) is 51.5 Å². The third kappa shape index (κ3) is 1.79. The summed E-state index contributed by atoms with van der Waals surface area (Å²) >= 11 is 3.46. The number of rotatable bonds is 1. The Balaban J connectivity index is 2.34. The molecule has 3 rings (SSSR count). The summed E-state index contributed by atoms with van der Waals surface area (Å²) < 4.78 is 6.10. The van der Waals surface area contributed by atoms with Crippen molar-refractivity contribution >= 4 is 27.7 Å². The first-order chi connectivity index (χ1) is 9.50. The van der Waals surface area contributed by atoms with E-state index in [0.717, 1.165) is 21.2 Å². The van der Waals surface area contributed by atoms with E-state index in [9.17, 15) is 9.59 Å². The average Bonchev–Trinajstić information content (AvgIpc) is 2.69. The Morgan fingerprint density at radius 3 is 2.45 bits per heavy atom. The second kappa shape index (κ2) is 4.56. The SMILES string of the molecule is CC(=O)Oc1c(C)c(Br)cc2c1C(=O)c1ccccc1-2. The first kappa shape index (κ1) is 13.1. The Labute approximate surface area is 124 Å². The summed E-state index contributed by atoms with van der Waals surface area (Å²) in [6.45, 7) is 3.15. The molecule has 4 heteroatoms. The lowest BCUT2D eigenvalue weighted by molar-refractivity contribution is -0.131. The van der Waals surface area contributed by atoms with Gasteiger partial charge < -0.3 is 4.74 Å². The summed E-state index contributed by atoms with van der Waals surface area (Å²) in [7, 11) is 0. The molecule has 3 nitrogen and oxygen atoms in total. The topological polar surface area (TPSA) is 43.4 Å². The Kier molecular flexibility index (Phi) is 2.98. The molecule has 0 saturated carbocycles. The fourth-order valence-electron chi connectivity index (χ4n) is 2.49. The van der Waals surface area contributed by atoms with Gasteiger partial charge in [0.2, 0.25) is 0 Å². The molecule has 2 aromatic carbocycles. The quantitative estimate of drug-likeness (QED) is 0.502. The molecule has 2 aromatic rings. The highest BCUT2D eigenvalue weighted by Crippen LogP contribution is 2.45. The van der Waals surface area contributed by atoms with Crippen molar-refractivity contribution in [2.45, 2.75) is 13.8 Å². The lowest BCUT2D eigenvalue weighted by Gasteiger charge is -2.12. The van der Waals surface area contributed by atoms with Crippen molar-refractivity contribution in [2.24, 2.45) is 0 Å². The molecule has 0 unspecified atom stereocenters. The first-order valence-corrected chi connectivity index (χ1v) is 6.95. The Bertz CT molecular complexity index is 763. The minimum atomic E-state index is -0.433. The molecule has 100 valence electrons. The molecule has 0 fully saturated rings. The highest BCUT2D eigenvalue weighted by Gasteiger charge is 2.32. The number of esters is 1. The van der Waals surface area contributed by atoms with Crippen LogP contribution in [0.2, 0.25) is 0 Å². The van der Waals surface area contributed by atoms with Crippen LogP contribution in [-0.4, -0.2) is 11.8 Å². The van der Waals surface area contributed by atoms with Crippen LogP contribution in [0.15, 0.2) is 34.8 Å². The zero-order valence-corrected chi connectivity index (χ0v) is 12.6. The fourth-order valence-corrected chi connectivity index (χ4v) is 2.89. The van der Waals surface area contributed by atoms with Crippen molar-refractivity contribution < 1.29 is 14.3 Å². The summed E-state index contributed by atoms with van der Waals surface area (Å²) in [4.78, 5) is 23.9. The average molecular weight is 331 g/mol. The van der Waals surface area contributed by atoms with Gasteiger partial charge in [-0.1, -0.05) is 40.2 Å². The molecule has 0 aromatic heterocycles. The molecule has 0 spiro atoms. The molecule has 0 saturated heterocycles. The van der Waals surface area contributed by atoms with E-state index in [0.29, 0.717) is 16.9 Å². The maximum absolute atomic E-state index is 12.5.